The zero-order valence-corrected chi connectivity index (χ0v) is 14.2. The van der Waals surface area contributed by atoms with E-state index < -0.39 is 0 Å². The van der Waals surface area contributed by atoms with Crippen LogP contribution in [0.25, 0.3) is 10.9 Å². The Morgan fingerprint density at radius 3 is 2.67 bits per heavy atom. The largest absolute Gasteiger partial charge is 0.481 e. The first-order valence-electron chi connectivity index (χ1n) is 7.57. The topological polar surface area (TPSA) is 51.2 Å². The van der Waals surface area contributed by atoms with Crippen molar-refractivity contribution in [3.05, 3.63) is 64.8 Å². The lowest BCUT2D eigenvalue weighted by Gasteiger charge is -2.11. The first-order valence-corrected chi connectivity index (χ1v) is 7.95. The number of carbonyl (C=O) groups is 1. The van der Waals surface area contributed by atoms with Crippen molar-refractivity contribution in [2.24, 2.45) is 0 Å². The number of fused-ring (bicyclic) bond motifs is 1. The number of benzene rings is 2. The molecule has 122 valence electrons. The van der Waals surface area contributed by atoms with E-state index in [0.717, 1.165) is 22.2 Å². The van der Waals surface area contributed by atoms with Crippen LogP contribution < -0.4 is 10.1 Å². The van der Waals surface area contributed by atoms with Crippen LogP contribution in [0.2, 0.25) is 5.02 Å². The molecule has 1 N–H and O–H groups in total. The van der Waals surface area contributed by atoms with E-state index in [1.54, 1.807) is 18.3 Å². The molecular weight excluding hydrogens is 324 g/mol. The van der Waals surface area contributed by atoms with Crippen LogP contribution in [0.4, 0.5) is 5.69 Å². The lowest BCUT2D eigenvalue weighted by Crippen LogP contribution is -2.20. The van der Waals surface area contributed by atoms with Gasteiger partial charge < -0.3 is 10.1 Å². The summed E-state index contributed by atoms with van der Waals surface area (Å²) in [5.74, 6) is 0.310. The highest BCUT2D eigenvalue weighted by Crippen LogP contribution is 2.29. The highest BCUT2D eigenvalue weighted by atomic mass is 35.5. The SMILES string of the molecule is Cc1cc(C)cc(NC(=O)COc2ccc(Cl)c3cccnc23)c1. The van der Waals surface area contributed by atoms with Gasteiger partial charge in [-0.3, -0.25) is 9.78 Å². The number of aryl methyl sites for hydroxylation is 2. The maximum Gasteiger partial charge on any atom is 0.262 e. The minimum atomic E-state index is -0.223. The number of ether oxygens (including phenoxy) is 1. The van der Waals surface area contributed by atoms with Crippen molar-refractivity contribution in [1.29, 1.82) is 0 Å². The fraction of sp³-hybridized carbons (Fsp3) is 0.158. The number of amides is 1. The molecule has 1 heterocycles. The van der Waals surface area contributed by atoms with Crippen LogP contribution in [0.3, 0.4) is 0 Å². The van der Waals surface area contributed by atoms with Gasteiger partial charge in [0.05, 0.1) is 5.02 Å². The molecule has 0 fully saturated rings. The number of nitrogens with one attached hydrogen (secondary N) is 1. The third-order valence-corrected chi connectivity index (χ3v) is 3.87. The molecule has 0 saturated carbocycles. The van der Waals surface area contributed by atoms with Crippen molar-refractivity contribution in [2.75, 3.05) is 11.9 Å². The van der Waals surface area contributed by atoms with Gasteiger partial charge in [-0.05, 0) is 61.4 Å². The van der Waals surface area contributed by atoms with Gasteiger partial charge in [0.15, 0.2) is 6.61 Å². The van der Waals surface area contributed by atoms with Crippen molar-refractivity contribution in [3.8, 4) is 5.75 Å². The Labute approximate surface area is 145 Å². The molecule has 24 heavy (non-hydrogen) atoms. The molecule has 0 atom stereocenters. The molecule has 0 aliphatic rings. The Kier molecular flexibility index (Phi) is 4.67. The van der Waals surface area contributed by atoms with Crippen molar-refractivity contribution >= 4 is 34.1 Å². The lowest BCUT2D eigenvalue weighted by molar-refractivity contribution is -0.118. The Bertz CT molecular complexity index is 889. The number of hydrogen-bond donors (Lipinski definition) is 1. The zero-order chi connectivity index (χ0) is 17.1. The number of pyridine rings is 1. The number of nitrogens with zero attached hydrogens (tertiary/aromatic N) is 1. The lowest BCUT2D eigenvalue weighted by atomic mass is 10.1. The van der Waals surface area contributed by atoms with Crippen molar-refractivity contribution in [1.82, 2.24) is 4.98 Å². The molecule has 2 aromatic carbocycles. The molecule has 0 aliphatic heterocycles. The molecule has 0 saturated heterocycles. The molecule has 0 bridgehead atoms. The van der Waals surface area contributed by atoms with Crippen LogP contribution >= 0.6 is 11.6 Å². The monoisotopic (exact) mass is 340 g/mol. The zero-order valence-electron chi connectivity index (χ0n) is 13.5. The fourth-order valence-corrected chi connectivity index (χ4v) is 2.83. The predicted octanol–water partition coefficient (Wildman–Crippen LogP) is 4.52. The number of aromatic nitrogens is 1. The van der Waals surface area contributed by atoms with Gasteiger partial charge in [0, 0.05) is 17.3 Å². The summed E-state index contributed by atoms with van der Waals surface area (Å²) >= 11 is 6.15. The van der Waals surface area contributed by atoms with Gasteiger partial charge in [0.1, 0.15) is 11.3 Å². The Morgan fingerprint density at radius 1 is 1.17 bits per heavy atom. The number of rotatable bonds is 4. The molecule has 1 amide bonds. The molecule has 3 aromatic rings. The third-order valence-electron chi connectivity index (χ3n) is 3.54. The van der Waals surface area contributed by atoms with Crippen molar-refractivity contribution in [2.45, 2.75) is 13.8 Å². The van der Waals surface area contributed by atoms with E-state index in [2.05, 4.69) is 16.4 Å². The minimum Gasteiger partial charge on any atom is -0.481 e. The molecule has 5 heteroatoms. The molecule has 0 aliphatic carbocycles. The highest BCUT2D eigenvalue weighted by molar-refractivity contribution is 6.35. The van der Waals surface area contributed by atoms with E-state index in [1.165, 1.54) is 0 Å². The van der Waals surface area contributed by atoms with Gasteiger partial charge in [-0.2, -0.15) is 0 Å². The number of anilines is 1. The van der Waals surface area contributed by atoms with Gasteiger partial charge in [-0.25, -0.2) is 0 Å². The first-order chi connectivity index (χ1) is 11.5. The van der Waals surface area contributed by atoms with Gasteiger partial charge in [0.25, 0.3) is 5.91 Å². The molecule has 1 aromatic heterocycles. The van der Waals surface area contributed by atoms with Crippen LogP contribution in [0.1, 0.15) is 11.1 Å². The Hall–Kier alpha value is -2.59. The Balaban J connectivity index is 1.72. The smallest absolute Gasteiger partial charge is 0.262 e. The summed E-state index contributed by atoms with van der Waals surface area (Å²) in [4.78, 5) is 16.4. The summed E-state index contributed by atoms with van der Waals surface area (Å²) in [6.45, 7) is 3.88. The summed E-state index contributed by atoms with van der Waals surface area (Å²) in [6.07, 6.45) is 1.67. The summed E-state index contributed by atoms with van der Waals surface area (Å²) in [5, 5.41) is 4.24. The van der Waals surface area contributed by atoms with E-state index in [4.69, 9.17) is 16.3 Å². The second-order valence-electron chi connectivity index (χ2n) is 5.66. The number of carbonyl (C=O) groups excluding carboxylic acids is 1. The quantitative estimate of drug-likeness (QED) is 0.759. The van der Waals surface area contributed by atoms with Crippen LogP contribution in [-0.4, -0.2) is 17.5 Å². The van der Waals surface area contributed by atoms with E-state index in [-0.39, 0.29) is 12.5 Å². The average molecular weight is 341 g/mol. The maximum absolute atomic E-state index is 12.1. The van der Waals surface area contributed by atoms with Gasteiger partial charge >= 0.3 is 0 Å². The number of hydrogen-bond acceptors (Lipinski definition) is 3. The molecule has 0 unspecified atom stereocenters. The summed E-state index contributed by atoms with van der Waals surface area (Å²) in [7, 11) is 0. The van der Waals surface area contributed by atoms with Gasteiger partial charge in [-0.1, -0.05) is 17.7 Å². The van der Waals surface area contributed by atoms with Crippen molar-refractivity contribution in [3.63, 3.8) is 0 Å². The van der Waals surface area contributed by atoms with Gasteiger partial charge in [0.2, 0.25) is 0 Å². The minimum absolute atomic E-state index is 0.0969. The Morgan fingerprint density at radius 2 is 1.92 bits per heavy atom. The molecule has 0 radical (unpaired) electrons. The molecular formula is C19H17ClN2O2. The van der Waals surface area contributed by atoms with Crippen LogP contribution in [-0.2, 0) is 4.79 Å². The highest BCUT2D eigenvalue weighted by Gasteiger charge is 2.09. The number of halogens is 1. The van der Waals surface area contributed by atoms with E-state index in [0.29, 0.717) is 16.3 Å². The molecule has 4 nitrogen and oxygen atoms in total. The summed E-state index contributed by atoms with van der Waals surface area (Å²) in [6, 6.07) is 13.0. The van der Waals surface area contributed by atoms with Crippen molar-refractivity contribution < 1.29 is 9.53 Å². The second-order valence-corrected chi connectivity index (χ2v) is 6.07. The van der Waals surface area contributed by atoms with Crippen LogP contribution in [0.15, 0.2) is 48.7 Å². The first kappa shape index (κ1) is 16.3. The second kappa shape index (κ2) is 6.89. The standard InChI is InChI=1S/C19H17ClN2O2/c1-12-8-13(2)10-14(9-12)22-18(23)11-24-17-6-5-16(20)15-4-3-7-21-19(15)17/h3-10H,11H2,1-2H3,(H,22,23). The maximum atomic E-state index is 12.1. The van der Waals surface area contributed by atoms with E-state index in [1.807, 2.05) is 38.1 Å². The average Bonchev–Trinajstić information content (AvgIpc) is 2.53. The molecule has 3 rings (SSSR count). The summed E-state index contributed by atoms with van der Waals surface area (Å²) in [5.41, 5.74) is 3.60. The third kappa shape index (κ3) is 3.66. The van der Waals surface area contributed by atoms with E-state index >= 15 is 0 Å². The van der Waals surface area contributed by atoms with Gasteiger partial charge in [-0.15, -0.1) is 0 Å². The normalized spacial score (nSPS) is 10.6. The fourth-order valence-electron chi connectivity index (χ4n) is 2.62. The summed E-state index contributed by atoms with van der Waals surface area (Å²) < 4.78 is 5.64. The molecule has 0 spiro atoms. The van der Waals surface area contributed by atoms with E-state index in [9.17, 15) is 4.79 Å². The van der Waals surface area contributed by atoms with Crippen LogP contribution in [0.5, 0.6) is 5.75 Å². The predicted molar refractivity (Wildman–Crippen MR) is 96.8 cm³/mol. The van der Waals surface area contributed by atoms with Crippen LogP contribution in [0, 0.1) is 13.8 Å².